The van der Waals surface area contributed by atoms with Crippen molar-refractivity contribution in [2.24, 2.45) is 11.8 Å². The summed E-state index contributed by atoms with van der Waals surface area (Å²) in [6.45, 7) is 18.9. The average Bonchev–Trinajstić information content (AvgIpc) is 3.74. The van der Waals surface area contributed by atoms with Gasteiger partial charge in [0.2, 0.25) is 0 Å². The molecule has 0 radical (unpaired) electrons. The van der Waals surface area contributed by atoms with Crippen molar-refractivity contribution in [3.8, 4) is 22.3 Å². The molecule has 2 unspecified atom stereocenters. The standard InChI is InChI=1S/2C23H27.C2H7Si.2ClH.Zr/c2*1-4-5-6-8-18-11-13-19(14-12-18)22-10-7-9-20-15-21(17(2)3)16-23(20)22;1-3-2;;;/h2*7,9-17H,4-6,8H2,1-3H3;3H,1-2H3;2*1H;/q;;;;;+2/p-2. The predicted molar refractivity (Wildman–Crippen MR) is 232 cm³/mol. The summed E-state index contributed by atoms with van der Waals surface area (Å²) in [6.07, 6.45) is 14.9. The van der Waals surface area contributed by atoms with Crippen LogP contribution in [0.3, 0.4) is 0 Å². The van der Waals surface area contributed by atoms with Gasteiger partial charge in [0, 0.05) is 0 Å². The summed E-state index contributed by atoms with van der Waals surface area (Å²) in [7, 11) is 17.6. The van der Waals surface area contributed by atoms with E-state index in [9.17, 15) is 0 Å². The van der Waals surface area contributed by atoms with Gasteiger partial charge in [-0.1, -0.05) is 13.8 Å². The summed E-state index contributed by atoms with van der Waals surface area (Å²) < 4.78 is 0.174. The molecule has 0 N–H and O–H groups in total. The zero-order valence-corrected chi connectivity index (χ0v) is 38.2. The number of benzene rings is 4. The van der Waals surface area contributed by atoms with Gasteiger partial charge in [-0.3, -0.25) is 0 Å². The molecule has 0 bridgehead atoms. The van der Waals surface area contributed by atoms with Gasteiger partial charge in [-0.15, -0.1) is 0 Å². The van der Waals surface area contributed by atoms with Crippen LogP contribution >= 0.6 is 17.0 Å². The van der Waals surface area contributed by atoms with E-state index >= 15 is 0 Å². The molecular formula is C48H61Cl2SiZr. The number of unbranched alkanes of at least 4 members (excludes halogenated alkanes) is 4. The normalized spacial score (nSPS) is 17.7. The number of halogens is 2. The molecule has 0 amide bonds. The molecule has 52 heavy (non-hydrogen) atoms. The number of rotatable bonds is 15. The maximum atomic E-state index is 8.79. The zero-order valence-electron chi connectivity index (χ0n) is 33.0. The maximum absolute atomic E-state index is 8.79. The van der Waals surface area contributed by atoms with E-state index < -0.39 is 21.5 Å². The number of hydrogen-bond acceptors (Lipinski definition) is 0. The van der Waals surface area contributed by atoms with Crippen molar-refractivity contribution in [3.05, 3.63) is 129 Å². The Kier molecular flexibility index (Phi) is 12.5. The minimum absolute atomic E-state index is 0.0869. The molecule has 275 valence electrons. The molecule has 0 heterocycles. The minimum atomic E-state index is -4.90. The first-order chi connectivity index (χ1) is 24.9. The second-order valence-corrected chi connectivity index (χ2v) is 59.3. The Hall–Kier alpha value is -1.96. The van der Waals surface area contributed by atoms with Crippen LogP contribution in [0.4, 0.5) is 0 Å². The van der Waals surface area contributed by atoms with E-state index in [1.807, 2.05) is 0 Å². The van der Waals surface area contributed by atoms with Crippen molar-refractivity contribution in [1.82, 2.24) is 0 Å². The van der Waals surface area contributed by atoms with E-state index in [2.05, 4.69) is 152 Å². The Morgan fingerprint density at radius 1 is 0.558 bits per heavy atom. The molecule has 0 saturated heterocycles. The monoisotopic (exact) mass is 825 g/mol. The fourth-order valence-corrected chi connectivity index (χ4v) is 40.8. The Labute approximate surface area is 324 Å². The summed E-state index contributed by atoms with van der Waals surface area (Å²) in [5.41, 5.74) is 16.4. The summed E-state index contributed by atoms with van der Waals surface area (Å²) in [5.74, 6) is -0.969. The van der Waals surface area contributed by atoms with Gasteiger partial charge in [-0.25, -0.2) is 0 Å². The van der Waals surface area contributed by atoms with E-state index in [1.165, 1.54) is 105 Å². The molecule has 0 fully saturated rings. The van der Waals surface area contributed by atoms with Gasteiger partial charge >= 0.3 is 314 Å². The van der Waals surface area contributed by atoms with Crippen LogP contribution in [0, 0.1) is 11.8 Å². The van der Waals surface area contributed by atoms with Crippen molar-refractivity contribution in [2.75, 3.05) is 0 Å². The van der Waals surface area contributed by atoms with Crippen molar-refractivity contribution >= 4 is 35.1 Å². The first-order valence-corrected chi connectivity index (χ1v) is 36.7. The van der Waals surface area contributed by atoms with Gasteiger partial charge in [-0.05, 0) is 0 Å². The van der Waals surface area contributed by atoms with Gasteiger partial charge in [0.05, 0.1) is 0 Å². The molecule has 2 aliphatic rings. The molecular weight excluding hydrogens is 767 g/mol. The molecule has 2 aliphatic carbocycles. The fourth-order valence-electron chi connectivity index (χ4n) is 9.28. The van der Waals surface area contributed by atoms with Gasteiger partial charge in [0.25, 0.3) is 0 Å². The first-order valence-electron chi connectivity index (χ1n) is 20.3. The summed E-state index contributed by atoms with van der Waals surface area (Å²) in [5, 5.41) is 0. The Bertz CT molecular complexity index is 1800. The molecule has 4 aromatic carbocycles. The SMILES string of the molecule is CCCCCc1ccc(-c2cccc3c2C=C(C(C)C)[CH]3[Zr]([Cl])([Cl])([CH]2C(C(C)C)=Cc3c(-c4ccc(CCCCC)cc4)cccc32)[SiH](C)C)cc1. The van der Waals surface area contributed by atoms with Crippen LogP contribution in [0.15, 0.2) is 96.1 Å². The third-order valence-corrected chi connectivity index (χ3v) is 64.1. The first kappa shape index (κ1) is 39.7. The van der Waals surface area contributed by atoms with Gasteiger partial charge in [0.15, 0.2) is 0 Å². The molecule has 4 aromatic rings. The molecule has 4 heteroatoms. The zero-order chi connectivity index (χ0) is 37.2. The number of hydrogen-bond donors (Lipinski definition) is 0. The third kappa shape index (κ3) is 7.38. The molecule has 0 aliphatic heterocycles. The van der Waals surface area contributed by atoms with Crippen LogP contribution < -0.4 is 0 Å². The Morgan fingerprint density at radius 2 is 0.942 bits per heavy atom. The van der Waals surface area contributed by atoms with Crippen molar-refractivity contribution in [1.29, 1.82) is 0 Å². The van der Waals surface area contributed by atoms with Crippen LogP contribution in [0.1, 0.15) is 121 Å². The van der Waals surface area contributed by atoms with Crippen LogP contribution in [0.2, 0.25) is 13.1 Å². The second-order valence-electron chi connectivity index (χ2n) is 16.8. The van der Waals surface area contributed by atoms with Crippen LogP contribution in [0.5, 0.6) is 0 Å². The Morgan fingerprint density at radius 3 is 1.27 bits per heavy atom. The summed E-state index contributed by atoms with van der Waals surface area (Å²) >= 11 is -4.90. The van der Waals surface area contributed by atoms with E-state index in [-0.39, 0.29) is 7.25 Å². The topological polar surface area (TPSA) is 0 Å². The van der Waals surface area contributed by atoms with Crippen LogP contribution in [0.25, 0.3) is 34.4 Å². The molecule has 0 saturated carbocycles. The molecule has 6 rings (SSSR count). The number of allylic oxidation sites excluding steroid dienone is 2. The number of fused-ring (bicyclic) bond motifs is 2. The van der Waals surface area contributed by atoms with Crippen LogP contribution in [-0.4, -0.2) is 5.92 Å². The predicted octanol–water partition coefficient (Wildman–Crippen LogP) is 15.4. The molecule has 0 aromatic heterocycles. The fraction of sp³-hybridized carbons (Fsp3) is 0.417. The summed E-state index contributed by atoms with van der Waals surface area (Å²) in [4.78, 5) is 0. The molecule has 0 nitrogen and oxygen atoms in total. The number of aryl methyl sites for hydroxylation is 2. The van der Waals surface area contributed by atoms with E-state index in [1.54, 1.807) is 0 Å². The van der Waals surface area contributed by atoms with Crippen molar-refractivity contribution in [3.63, 3.8) is 0 Å². The van der Waals surface area contributed by atoms with E-state index in [4.69, 9.17) is 17.0 Å². The molecule has 0 spiro atoms. The second kappa shape index (κ2) is 16.4. The van der Waals surface area contributed by atoms with Gasteiger partial charge < -0.3 is 0 Å². The van der Waals surface area contributed by atoms with Crippen molar-refractivity contribution < 1.29 is 15.6 Å². The summed E-state index contributed by atoms with van der Waals surface area (Å²) in [6, 6.07) is 32.6. The van der Waals surface area contributed by atoms with Crippen molar-refractivity contribution in [2.45, 2.75) is 113 Å². The van der Waals surface area contributed by atoms with Gasteiger partial charge in [-0.2, -0.15) is 0 Å². The quantitative estimate of drug-likeness (QED) is 0.0827. The average molecular weight is 828 g/mol. The van der Waals surface area contributed by atoms with E-state index in [0.717, 1.165) is 12.8 Å². The third-order valence-electron chi connectivity index (χ3n) is 12.4. The van der Waals surface area contributed by atoms with Crippen LogP contribution in [-0.2, 0) is 28.4 Å². The van der Waals surface area contributed by atoms with E-state index in [0.29, 0.717) is 11.8 Å². The molecule has 2 atom stereocenters. The Balaban J connectivity index is 1.47. The van der Waals surface area contributed by atoms with Gasteiger partial charge in [0.1, 0.15) is 0 Å².